The first-order valence-corrected chi connectivity index (χ1v) is 6.07. The van der Waals surface area contributed by atoms with Crippen LogP contribution >= 0.6 is 23.8 Å². The SMILES string of the molecule is NC(=S)c1cc(Cl)ccc1Nc1ccc(F)cc1F. The van der Waals surface area contributed by atoms with Crippen molar-refractivity contribution in [3.63, 3.8) is 0 Å². The maximum atomic E-state index is 13.6. The van der Waals surface area contributed by atoms with Crippen LogP contribution in [0.25, 0.3) is 0 Å². The number of nitrogens with two attached hydrogens (primary N) is 1. The fourth-order valence-electron chi connectivity index (χ4n) is 1.57. The lowest BCUT2D eigenvalue weighted by molar-refractivity contribution is 0.586. The van der Waals surface area contributed by atoms with Crippen LogP contribution in [0.2, 0.25) is 5.02 Å². The van der Waals surface area contributed by atoms with E-state index < -0.39 is 11.6 Å². The molecule has 2 aromatic rings. The van der Waals surface area contributed by atoms with E-state index in [-0.39, 0.29) is 10.7 Å². The molecule has 6 heteroatoms. The highest BCUT2D eigenvalue weighted by Crippen LogP contribution is 2.26. The summed E-state index contributed by atoms with van der Waals surface area (Å²) < 4.78 is 26.4. The van der Waals surface area contributed by atoms with Gasteiger partial charge in [0.05, 0.1) is 5.69 Å². The highest BCUT2D eigenvalue weighted by Gasteiger charge is 2.09. The van der Waals surface area contributed by atoms with Gasteiger partial charge < -0.3 is 11.1 Å². The third-order valence-corrected chi connectivity index (χ3v) is 2.90. The molecule has 0 unspecified atom stereocenters. The summed E-state index contributed by atoms with van der Waals surface area (Å²) in [4.78, 5) is 0.132. The normalized spacial score (nSPS) is 10.3. The number of hydrogen-bond acceptors (Lipinski definition) is 2. The molecule has 19 heavy (non-hydrogen) atoms. The molecule has 98 valence electrons. The summed E-state index contributed by atoms with van der Waals surface area (Å²) in [6.07, 6.45) is 0. The van der Waals surface area contributed by atoms with Crippen molar-refractivity contribution in [3.05, 3.63) is 58.6 Å². The van der Waals surface area contributed by atoms with E-state index in [1.807, 2.05) is 0 Å². The van der Waals surface area contributed by atoms with Gasteiger partial charge in [-0.3, -0.25) is 0 Å². The molecule has 0 saturated carbocycles. The van der Waals surface area contributed by atoms with Gasteiger partial charge in [-0.25, -0.2) is 8.78 Å². The Labute approximate surface area is 119 Å². The minimum atomic E-state index is -0.705. The van der Waals surface area contributed by atoms with Gasteiger partial charge in [0, 0.05) is 22.3 Å². The smallest absolute Gasteiger partial charge is 0.149 e. The average Bonchev–Trinajstić information content (AvgIpc) is 2.34. The van der Waals surface area contributed by atoms with E-state index in [0.717, 1.165) is 12.1 Å². The number of nitrogens with one attached hydrogen (secondary N) is 1. The molecule has 0 atom stereocenters. The summed E-state index contributed by atoms with van der Waals surface area (Å²) in [7, 11) is 0. The Kier molecular flexibility index (Phi) is 3.97. The molecule has 0 fully saturated rings. The molecule has 0 aromatic heterocycles. The van der Waals surface area contributed by atoms with E-state index in [9.17, 15) is 8.78 Å². The molecule has 3 N–H and O–H groups in total. The van der Waals surface area contributed by atoms with Gasteiger partial charge in [0.15, 0.2) is 0 Å². The second-order valence-electron chi connectivity index (χ2n) is 3.80. The van der Waals surface area contributed by atoms with Crippen LogP contribution in [0.3, 0.4) is 0 Å². The van der Waals surface area contributed by atoms with Crippen molar-refractivity contribution < 1.29 is 8.78 Å². The van der Waals surface area contributed by atoms with Gasteiger partial charge in [-0.15, -0.1) is 0 Å². The Morgan fingerprint density at radius 2 is 1.79 bits per heavy atom. The van der Waals surface area contributed by atoms with Crippen LogP contribution in [-0.2, 0) is 0 Å². The first-order chi connectivity index (χ1) is 8.97. The molecule has 0 heterocycles. The molecule has 0 amide bonds. The molecule has 0 aliphatic rings. The first kappa shape index (κ1) is 13.7. The van der Waals surface area contributed by atoms with Crippen molar-refractivity contribution in [3.8, 4) is 0 Å². The fourth-order valence-corrected chi connectivity index (χ4v) is 1.91. The van der Waals surface area contributed by atoms with Crippen molar-refractivity contribution in [1.29, 1.82) is 0 Å². The molecule has 0 saturated heterocycles. The second-order valence-corrected chi connectivity index (χ2v) is 4.68. The second kappa shape index (κ2) is 5.50. The van der Waals surface area contributed by atoms with E-state index in [1.54, 1.807) is 18.2 Å². The Bertz CT molecular complexity index is 647. The third-order valence-electron chi connectivity index (χ3n) is 2.45. The Morgan fingerprint density at radius 3 is 2.42 bits per heavy atom. The van der Waals surface area contributed by atoms with Gasteiger partial charge in [-0.2, -0.15) is 0 Å². The lowest BCUT2D eigenvalue weighted by Gasteiger charge is -2.12. The van der Waals surface area contributed by atoms with Gasteiger partial charge in [0.25, 0.3) is 0 Å². The maximum Gasteiger partial charge on any atom is 0.149 e. The minimum Gasteiger partial charge on any atom is -0.389 e. The van der Waals surface area contributed by atoms with Crippen LogP contribution in [0.5, 0.6) is 0 Å². The number of rotatable bonds is 3. The number of thiocarbonyl (C=S) groups is 1. The third kappa shape index (κ3) is 3.19. The number of benzene rings is 2. The monoisotopic (exact) mass is 298 g/mol. The lowest BCUT2D eigenvalue weighted by atomic mass is 10.1. The first-order valence-electron chi connectivity index (χ1n) is 5.29. The van der Waals surface area contributed by atoms with Gasteiger partial charge in [-0.05, 0) is 30.3 Å². The number of halogens is 3. The summed E-state index contributed by atoms with van der Waals surface area (Å²) in [5.74, 6) is -1.35. The average molecular weight is 299 g/mol. The largest absolute Gasteiger partial charge is 0.389 e. The topological polar surface area (TPSA) is 38.0 Å². The molecule has 0 spiro atoms. The van der Waals surface area contributed by atoms with Crippen LogP contribution in [0.15, 0.2) is 36.4 Å². The van der Waals surface area contributed by atoms with Crippen molar-refractivity contribution in [2.45, 2.75) is 0 Å². The van der Waals surface area contributed by atoms with E-state index in [4.69, 9.17) is 29.6 Å². The molecule has 0 bridgehead atoms. The van der Waals surface area contributed by atoms with Crippen LogP contribution in [0.4, 0.5) is 20.2 Å². The van der Waals surface area contributed by atoms with Crippen molar-refractivity contribution in [2.75, 3.05) is 5.32 Å². The van der Waals surface area contributed by atoms with Gasteiger partial charge in [0.1, 0.15) is 16.6 Å². The predicted molar refractivity (Wildman–Crippen MR) is 77.0 cm³/mol. The molecule has 2 rings (SSSR count). The van der Waals surface area contributed by atoms with Crippen LogP contribution in [-0.4, -0.2) is 4.99 Å². The summed E-state index contributed by atoms with van der Waals surface area (Å²) in [5, 5.41) is 3.27. The van der Waals surface area contributed by atoms with Crippen LogP contribution < -0.4 is 11.1 Å². The summed E-state index contributed by atoms with van der Waals surface area (Å²) >= 11 is 10.8. The zero-order chi connectivity index (χ0) is 14.0. The fraction of sp³-hybridized carbons (Fsp3) is 0. The predicted octanol–water partition coefficient (Wildman–Crippen LogP) is 4.00. The van der Waals surface area contributed by atoms with Crippen LogP contribution in [0, 0.1) is 11.6 Å². The van der Waals surface area contributed by atoms with E-state index in [0.29, 0.717) is 16.3 Å². The highest BCUT2D eigenvalue weighted by molar-refractivity contribution is 7.80. The van der Waals surface area contributed by atoms with E-state index >= 15 is 0 Å². The van der Waals surface area contributed by atoms with Gasteiger partial charge in [-0.1, -0.05) is 23.8 Å². The summed E-state index contributed by atoms with van der Waals surface area (Å²) in [6, 6.07) is 8.06. The molecule has 0 aliphatic heterocycles. The summed E-state index contributed by atoms with van der Waals surface area (Å²) in [5.41, 5.74) is 6.70. The minimum absolute atomic E-state index is 0.126. The number of anilines is 2. The van der Waals surface area contributed by atoms with Crippen molar-refractivity contribution in [2.24, 2.45) is 5.73 Å². The van der Waals surface area contributed by atoms with Crippen LogP contribution in [0.1, 0.15) is 5.56 Å². The molecule has 0 aliphatic carbocycles. The molecular formula is C13H9ClF2N2S. The Hall–Kier alpha value is -1.72. The zero-order valence-corrected chi connectivity index (χ0v) is 11.2. The van der Waals surface area contributed by atoms with Crippen molar-refractivity contribution in [1.82, 2.24) is 0 Å². The Balaban J connectivity index is 2.40. The molecule has 2 nitrogen and oxygen atoms in total. The highest BCUT2D eigenvalue weighted by atomic mass is 35.5. The lowest BCUT2D eigenvalue weighted by Crippen LogP contribution is -2.12. The molecule has 0 radical (unpaired) electrons. The molecular weight excluding hydrogens is 290 g/mol. The maximum absolute atomic E-state index is 13.6. The van der Waals surface area contributed by atoms with Gasteiger partial charge >= 0.3 is 0 Å². The number of hydrogen-bond donors (Lipinski definition) is 2. The standard InChI is InChI=1S/C13H9ClF2N2S/c14-7-1-3-11(9(5-7)13(17)19)18-12-4-2-8(15)6-10(12)16/h1-6,18H,(H2,17,19). The Morgan fingerprint density at radius 1 is 1.11 bits per heavy atom. The van der Waals surface area contributed by atoms with Gasteiger partial charge in [0.2, 0.25) is 0 Å². The summed E-state index contributed by atoms with van der Waals surface area (Å²) in [6.45, 7) is 0. The zero-order valence-electron chi connectivity index (χ0n) is 9.58. The quantitative estimate of drug-likeness (QED) is 0.841. The van der Waals surface area contributed by atoms with E-state index in [2.05, 4.69) is 5.32 Å². The van der Waals surface area contributed by atoms with E-state index in [1.165, 1.54) is 6.07 Å². The van der Waals surface area contributed by atoms with Crippen molar-refractivity contribution >= 4 is 40.2 Å². The molecule has 2 aromatic carbocycles.